The summed E-state index contributed by atoms with van der Waals surface area (Å²) in [6, 6.07) is 7.67. The van der Waals surface area contributed by atoms with Crippen LogP contribution in [0.3, 0.4) is 0 Å². The number of benzene rings is 1. The molecule has 0 saturated carbocycles. The zero-order valence-electron chi connectivity index (χ0n) is 12.9. The van der Waals surface area contributed by atoms with Crippen LogP contribution in [0, 0.1) is 0 Å². The highest BCUT2D eigenvalue weighted by Crippen LogP contribution is 2.30. The molecule has 3 rings (SSSR count). The number of carbonyl (C=O) groups is 1. The van der Waals surface area contributed by atoms with E-state index in [9.17, 15) is 4.79 Å². The molecular weight excluding hydrogens is 362 g/mol. The van der Waals surface area contributed by atoms with Gasteiger partial charge in [0.15, 0.2) is 10.1 Å². The second kappa shape index (κ2) is 7.87. The van der Waals surface area contributed by atoms with Gasteiger partial charge >= 0.3 is 0 Å². The molecule has 0 aliphatic carbocycles. The van der Waals surface area contributed by atoms with Crippen LogP contribution in [0.4, 0.5) is 5.13 Å². The molecule has 1 amide bonds. The average Bonchev–Trinajstić information content (AvgIpc) is 3.18. The van der Waals surface area contributed by atoms with Gasteiger partial charge in [0.25, 0.3) is 5.91 Å². The number of carbonyl (C=O) groups excluding carboxylic acids is 1. The molecule has 5 nitrogen and oxygen atoms in total. The van der Waals surface area contributed by atoms with Gasteiger partial charge in [0, 0.05) is 22.5 Å². The van der Waals surface area contributed by atoms with Gasteiger partial charge in [0.2, 0.25) is 5.13 Å². The summed E-state index contributed by atoms with van der Waals surface area (Å²) in [7, 11) is 0. The zero-order chi connectivity index (χ0) is 16.9. The third kappa shape index (κ3) is 3.66. The number of furan rings is 1. The van der Waals surface area contributed by atoms with E-state index in [1.165, 1.54) is 23.1 Å². The first kappa shape index (κ1) is 17.1. The Labute approximate surface area is 151 Å². The molecule has 2 aromatic heterocycles. The summed E-state index contributed by atoms with van der Waals surface area (Å²) in [6.07, 6.45) is 3.80. The predicted molar refractivity (Wildman–Crippen MR) is 102 cm³/mol. The normalized spacial score (nSPS) is 10.9. The van der Waals surface area contributed by atoms with E-state index in [1.807, 2.05) is 30.5 Å². The van der Waals surface area contributed by atoms with E-state index in [-0.39, 0.29) is 5.91 Å². The largest absolute Gasteiger partial charge is 0.451 e. The minimum atomic E-state index is -0.299. The number of rotatable bonds is 7. The van der Waals surface area contributed by atoms with Crippen LogP contribution in [-0.4, -0.2) is 28.1 Å². The number of anilines is 1. The molecule has 3 aromatic rings. The summed E-state index contributed by atoms with van der Waals surface area (Å²) in [5, 5.41) is 12.2. The Bertz CT molecular complexity index is 872. The fourth-order valence-electron chi connectivity index (χ4n) is 2.17. The van der Waals surface area contributed by atoms with Crippen molar-refractivity contribution in [3.63, 3.8) is 0 Å². The SMILES string of the molecule is C=CCSc1nnc(NC(=O)c2oc3ccccc3c2CSC)s1. The number of aromatic nitrogens is 2. The van der Waals surface area contributed by atoms with Gasteiger partial charge in [-0.1, -0.05) is 47.4 Å². The van der Waals surface area contributed by atoms with Crippen molar-refractivity contribution in [2.75, 3.05) is 17.3 Å². The van der Waals surface area contributed by atoms with Crippen molar-refractivity contribution in [3.05, 3.63) is 48.2 Å². The molecule has 124 valence electrons. The fraction of sp³-hybridized carbons (Fsp3) is 0.188. The lowest BCUT2D eigenvalue weighted by atomic mass is 10.1. The van der Waals surface area contributed by atoms with E-state index in [1.54, 1.807) is 17.8 Å². The van der Waals surface area contributed by atoms with Gasteiger partial charge in [-0.2, -0.15) is 11.8 Å². The van der Waals surface area contributed by atoms with Gasteiger partial charge in [-0.15, -0.1) is 16.8 Å². The second-order valence-corrected chi connectivity index (χ2v) is 7.88. The summed E-state index contributed by atoms with van der Waals surface area (Å²) in [5.74, 6) is 1.49. The molecule has 0 radical (unpaired) electrons. The summed E-state index contributed by atoms with van der Waals surface area (Å²) >= 11 is 4.51. The maximum atomic E-state index is 12.6. The van der Waals surface area contributed by atoms with E-state index in [0.29, 0.717) is 22.2 Å². The topological polar surface area (TPSA) is 68.0 Å². The number of thioether (sulfide) groups is 2. The van der Waals surface area contributed by atoms with E-state index in [2.05, 4.69) is 22.1 Å². The molecule has 0 atom stereocenters. The molecule has 0 bridgehead atoms. The number of hydrogen-bond acceptors (Lipinski definition) is 7. The second-order valence-electron chi connectivity index (χ2n) is 4.77. The molecule has 0 unspecified atom stereocenters. The highest BCUT2D eigenvalue weighted by atomic mass is 32.2. The van der Waals surface area contributed by atoms with Crippen molar-refractivity contribution in [2.45, 2.75) is 10.1 Å². The van der Waals surface area contributed by atoms with Gasteiger partial charge < -0.3 is 4.42 Å². The van der Waals surface area contributed by atoms with Crippen LogP contribution >= 0.6 is 34.9 Å². The van der Waals surface area contributed by atoms with E-state index in [4.69, 9.17) is 4.42 Å². The first-order chi connectivity index (χ1) is 11.7. The standard InChI is InChI=1S/C16H15N3O2S3/c1-3-8-23-16-19-18-15(24-16)17-14(20)13-11(9-22-2)10-6-4-5-7-12(10)21-13/h3-7H,1,8-9H2,2H3,(H,17,18,20). The molecule has 0 aliphatic heterocycles. The van der Waals surface area contributed by atoms with Gasteiger partial charge in [-0.3, -0.25) is 10.1 Å². The Balaban J connectivity index is 1.84. The smallest absolute Gasteiger partial charge is 0.293 e. The number of hydrogen-bond donors (Lipinski definition) is 1. The lowest BCUT2D eigenvalue weighted by Gasteiger charge is -2.01. The zero-order valence-corrected chi connectivity index (χ0v) is 15.4. The van der Waals surface area contributed by atoms with Crippen LogP contribution in [0.25, 0.3) is 11.0 Å². The van der Waals surface area contributed by atoms with Crippen LogP contribution in [0.15, 0.2) is 45.7 Å². The Kier molecular flexibility index (Phi) is 5.60. The molecule has 2 heterocycles. The van der Waals surface area contributed by atoms with Crippen molar-refractivity contribution in [1.29, 1.82) is 0 Å². The summed E-state index contributed by atoms with van der Waals surface area (Å²) in [4.78, 5) is 12.6. The van der Waals surface area contributed by atoms with Crippen molar-refractivity contribution in [1.82, 2.24) is 10.2 Å². The maximum absolute atomic E-state index is 12.6. The third-order valence-corrected chi connectivity index (χ3v) is 5.69. The highest BCUT2D eigenvalue weighted by molar-refractivity contribution is 8.01. The Hall–Kier alpha value is -1.77. The van der Waals surface area contributed by atoms with E-state index >= 15 is 0 Å². The van der Waals surface area contributed by atoms with Crippen LogP contribution in [0.1, 0.15) is 16.1 Å². The molecule has 1 N–H and O–H groups in total. The number of nitrogens with one attached hydrogen (secondary N) is 1. The van der Waals surface area contributed by atoms with Gasteiger partial charge in [-0.25, -0.2) is 0 Å². The maximum Gasteiger partial charge on any atom is 0.293 e. The molecule has 0 spiro atoms. The van der Waals surface area contributed by atoms with Crippen molar-refractivity contribution < 1.29 is 9.21 Å². The average molecular weight is 378 g/mol. The molecule has 0 aliphatic rings. The summed E-state index contributed by atoms with van der Waals surface area (Å²) in [6.45, 7) is 3.67. The minimum Gasteiger partial charge on any atom is -0.451 e. The van der Waals surface area contributed by atoms with Crippen molar-refractivity contribution >= 4 is 56.9 Å². The number of para-hydroxylation sites is 1. The first-order valence-electron chi connectivity index (χ1n) is 7.10. The van der Waals surface area contributed by atoms with Crippen LogP contribution < -0.4 is 5.32 Å². The number of nitrogens with zero attached hydrogens (tertiary/aromatic N) is 2. The van der Waals surface area contributed by atoms with Crippen LogP contribution in [0.2, 0.25) is 0 Å². The Morgan fingerprint density at radius 1 is 1.42 bits per heavy atom. The predicted octanol–water partition coefficient (Wildman–Crippen LogP) is 4.68. The number of amides is 1. The van der Waals surface area contributed by atoms with E-state index < -0.39 is 0 Å². The molecular formula is C16H15N3O2S3. The van der Waals surface area contributed by atoms with Gasteiger partial charge in [0.05, 0.1) is 0 Å². The van der Waals surface area contributed by atoms with Crippen LogP contribution in [-0.2, 0) is 5.75 Å². The molecule has 24 heavy (non-hydrogen) atoms. The molecule has 0 fully saturated rings. The van der Waals surface area contributed by atoms with Crippen molar-refractivity contribution in [2.24, 2.45) is 0 Å². The Morgan fingerprint density at radius 3 is 3.04 bits per heavy atom. The minimum absolute atomic E-state index is 0.299. The third-order valence-electron chi connectivity index (χ3n) is 3.14. The first-order valence-corrected chi connectivity index (χ1v) is 10.3. The lowest BCUT2D eigenvalue weighted by Crippen LogP contribution is -2.12. The molecule has 1 aromatic carbocycles. The summed E-state index contributed by atoms with van der Waals surface area (Å²) < 4.78 is 6.56. The highest BCUT2D eigenvalue weighted by Gasteiger charge is 2.21. The fourth-order valence-corrected chi connectivity index (χ4v) is 4.26. The quantitative estimate of drug-likeness (QED) is 0.366. The van der Waals surface area contributed by atoms with Crippen molar-refractivity contribution in [3.8, 4) is 0 Å². The lowest BCUT2D eigenvalue weighted by molar-refractivity contribution is 0.0997. The van der Waals surface area contributed by atoms with E-state index in [0.717, 1.165) is 21.0 Å². The monoisotopic (exact) mass is 377 g/mol. The van der Waals surface area contributed by atoms with Gasteiger partial charge in [-0.05, 0) is 12.3 Å². The molecule has 8 heteroatoms. The number of fused-ring (bicyclic) bond motifs is 1. The molecule has 0 saturated heterocycles. The summed E-state index contributed by atoms with van der Waals surface area (Å²) in [5.41, 5.74) is 1.62. The van der Waals surface area contributed by atoms with Gasteiger partial charge in [0.1, 0.15) is 5.58 Å². The Morgan fingerprint density at radius 2 is 2.25 bits per heavy atom. The van der Waals surface area contributed by atoms with Crippen LogP contribution in [0.5, 0.6) is 0 Å².